The Hall–Kier alpha value is -0.650. The molecule has 3 saturated heterocycles. The van der Waals surface area contributed by atoms with E-state index in [-0.39, 0.29) is 18.2 Å². The van der Waals surface area contributed by atoms with Crippen LogP contribution in [0.3, 0.4) is 0 Å². The molecule has 5 nitrogen and oxygen atoms in total. The predicted molar refractivity (Wildman–Crippen MR) is 114 cm³/mol. The molecule has 0 bridgehead atoms. The number of amides is 1. The van der Waals surface area contributed by atoms with Gasteiger partial charge in [0.05, 0.1) is 18.2 Å². The van der Waals surface area contributed by atoms with Gasteiger partial charge in [-0.2, -0.15) is 0 Å². The lowest BCUT2D eigenvalue weighted by Crippen LogP contribution is -2.59. The molecule has 3 fully saturated rings. The fourth-order valence-electron chi connectivity index (χ4n) is 5.52. The molecule has 28 heavy (non-hydrogen) atoms. The molecule has 0 radical (unpaired) electrons. The van der Waals surface area contributed by atoms with Gasteiger partial charge in [0.25, 0.3) is 0 Å². The minimum atomic E-state index is -0.0108. The molecule has 0 aromatic heterocycles. The van der Waals surface area contributed by atoms with Crippen LogP contribution >= 0.6 is 0 Å². The Balaban J connectivity index is 1.59. The van der Waals surface area contributed by atoms with Crippen LogP contribution in [0.15, 0.2) is 0 Å². The standard InChI is InChI=1S/C23H43N3O2/c1-17(2)22(26-13-19(4)28-20(5)14-26)23(27)25-10-6-7-21(16-25)15-24-11-8-18(3)9-12-24/h17-22H,6-16H2,1-5H3. The fraction of sp³-hybridized carbons (Fsp3) is 0.957. The van der Waals surface area contributed by atoms with E-state index >= 15 is 0 Å². The van der Waals surface area contributed by atoms with Crippen LogP contribution in [0.25, 0.3) is 0 Å². The van der Waals surface area contributed by atoms with Crippen LogP contribution in [0.1, 0.15) is 60.3 Å². The summed E-state index contributed by atoms with van der Waals surface area (Å²) in [5.41, 5.74) is 0. The Bertz CT molecular complexity index is 494. The van der Waals surface area contributed by atoms with Crippen molar-refractivity contribution in [3.05, 3.63) is 0 Å². The first-order valence-corrected chi connectivity index (χ1v) is 11.7. The largest absolute Gasteiger partial charge is 0.373 e. The number of likely N-dealkylation sites (tertiary alicyclic amines) is 2. The van der Waals surface area contributed by atoms with Gasteiger partial charge in [-0.05, 0) is 70.4 Å². The number of ether oxygens (including phenoxy) is 1. The molecule has 4 unspecified atom stereocenters. The third-order valence-electron chi connectivity index (χ3n) is 6.95. The molecule has 0 N–H and O–H groups in total. The summed E-state index contributed by atoms with van der Waals surface area (Å²) < 4.78 is 5.91. The number of hydrogen-bond donors (Lipinski definition) is 0. The van der Waals surface area contributed by atoms with Crippen LogP contribution in [-0.2, 0) is 9.53 Å². The Morgan fingerprint density at radius 3 is 2.21 bits per heavy atom. The van der Waals surface area contributed by atoms with Gasteiger partial charge in [0.1, 0.15) is 0 Å². The fourth-order valence-corrected chi connectivity index (χ4v) is 5.52. The Kier molecular flexibility index (Phi) is 7.80. The zero-order chi connectivity index (χ0) is 20.3. The molecule has 0 aliphatic carbocycles. The van der Waals surface area contributed by atoms with Crippen LogP contribution < -0.4 is 0 Å². The number of piperidine rings is 2. The van der Waals surface area contributed by atoms with E-state index in [2.05, 4.69) is 49.3 Å². The van der Waals surface area contributed by atoms with Crippen molar-refractivity contribution < 1.29 is 9.53 Å². The van der Waals surface area contributed by atoms with Crippen molar-refractivity contribution in [2.45, 2.75) is 78.6 Å². The Labute approximate surface area is 172 Å². The monoisotopic (exact) mass is 393 g/mol. The molecule has 0 spiro atoms. The lowest BCUT2D eigenvalue weighted by atomic mass is 9.92. The van der Waals surface area contributed by atoms with E-state index in [9.17, 15) is 4.79 Å². The average molecular weight is 394 g/mol. The van der Waals surface area contributed by atoms with Gasteiger partial charge in [0.2, 0.25) is 5.91 Å². The van der Waals surface area contributed by atoms with Crippen molar-refractivity contribution in [3.8, 4) is 0 Å². The third kappa shape index (κ3) is 5.70. The minimum absolute atomic E-state index is 0.0108. The van der Waals surface area contributed by atoms with Crippen LogP contribution in [0.2, 0.25) is 0 Å². The molecule has 1 amide bonds. The SMILES string of the molecule is CC1CCN(CC2CCCN(C(=O)C(C(C)C)N3CC(C)OC(C)C3)C2)CC1. The molecule has 5 heteroatoms. The van der Waals surface area contributed by atoms with Crippen molar-refractivity contribution in [2.24, 2.45) is 17.8 Å². The van der Waals surface area contributed by atoms with E-state index < -0.39 is 0 Å². The summed E-state index contributed by atoms with van der Waals surface area (Å²) in [5, 5.41) is 0. The highest BCUT2D eigenvalue weighted by Gasteiger charge is 2.37. The van der Waals surface area contributed by atoms with E-state index in [1.807, 2.05) is 0 Å². The van der Waals surface area contributed by atoms with Gasteiger partial charge in [-0.15, -0.1) is 0 Å². The summed E-state index contributed by atoms with van der Waals surface area (Å²) in [6.45, 7) is 18.3. The van der Waals surface area contributed by atoms with Crippen molar-refractivity contribution in [2.75, 3.05) is 45.8 Å². The zero-order valence-electron chi connectivity index (χ0n) is 18.9. The number of rotatable bonds is 5. The first-order chi connectivity index (χ1) is 13.3. The van der Waals surface area contributed by atoms with Gasteiger partial charge in [-0.1, -0.05) is 20.8 Å². The maximum atomic E-state index is 13.6. The average Bonchev–Trinajstić information content (AvgIpc) is 2.63. The molecule has 3 aliphatic heterocycles. The van der Waals surface area contributed by atoms with Gasteiger partial charge in [0.15, 0.2) is 0 Å². The van der Waals surface area contributed by atoms with E-state index in [1.165, 1.54) is 38.9 Å². The van der Waals surface area contributed by atoms with Crippen LogP contribution in [0.5, 0.6) is 0 Å². The summed E-state index contributed by atoms with van der Waals surface area (Å²) in [6.07, 6.45) is 5.49. The first-order valence-electron chi connectivity index (χ1n) is 11.7. The predicted octanol–water partition coefficient (Wildman–Crippen LogP) is 3.09. The smallest absolute Gasteiger partial charge is 0.240 e. The Morgan fingerprint density at radius 2 is 1.61 bits per heavy atom. The Morgan fingerprint density at radius 1 is 0.964 bits per heavy atom. The zero-order valence-corrected chi connectivity index (χ0v) is 18.9. The molecule has 0 aromatic carbocycles. The lowest BCUT2D eigenvalue weighted by Gasteiger charge is -2.44. The topological polar surface area (TPSA) is 36.0 Å². The van der Waals surface area contributed by atoms with Crippen molar-refractivity contribution in [1.82, 2.24) is 14.7 Å². The lowest BCUT2D eigenvalue weighted by molar-refractivity contribution is -0.147. The van der Waals surface area contributed by atoms with E-state index in [0.717, 1.165) is 38.5 Å². The molecule has 4 atom stereocenters. The van der Waals surface area contributed by atoms with Crippen LogP contribution in [0, 0.1) is 17.8 Å². The number of morpholine rings is 1. The minimum Gasteiger partial charge on any atom is -0.373 e. The number of carbonyl (C=O) groups is 1. The first kappa shape index (κ1) is 22.0. The van der Waals surface area contributed by atoms with E-state index in [4.69, 9.17) is 4.74 Å². The highest BCUT2D eigenvalue weighted by molar-refractivity contribution is 5.82. The van der Waals surface area contributed by atoms with Crippen LogP contribution in [0.4, 0.5) is 0 Å². The quantitative estimate of drug-likeness (QED) is 0.719. The maximum Gasteiger partial charge on any atom is 0.240 e. The van der Waals surface area contributed by atoms with Gasteiger partial charge in [-0.3, -0.25) is 9.69 Å². The highest BCUT2D eigenvalue weighted by Crippen LogP contribution is 2.25. The summed E-state index contributed by atoms with van der Waals surface area (Å²) in [6, 6.07) is -0.0108. The second-order valence-corrected chi connectivity index (χ2v) is 10.2. The molecular weight excluding hydrogens is 350 g/mol. The highest BCUT2D eigenvalue weighted by atomic mass is 16.5. The van der Waals surface area contributed by atoms with Gasteiger partial charge < -0.3 is 14.5 Å². The summed E-state index contributed by atoms with van der Waals surface area (Å²) in [4.78, 5) is 20.8. The molecular formula is C23H43N3O2. The van der Waals surface area contributed by atoms with Gasteiger partial charge in [0, 0.05) is 32.7 Å². The second kappa shape index (κ2) is 9.90. The maximum absolute atomic E-state index is 13.6. The summed E-state index contributed by atoms with van der Waals surface area (Å²) >= 11 is 0. The van der Waals surface area contributed by atoms with Gasteiger partial charge in [-0.25, -0.2) is 0 Å². The van der Waals surface area contributed by atoms with E-state index in [1.54, 1.807) is 0 Å². The molecule has 0 aromatic rings. The second-order valence-electron chi connectivity index (χ2n) is 10.2. The molecule has 162 valence electrons. The van der Waals surface area contributed by atoms with Crippen molar-refractivity contribution >= 4 is 5.91 Å². The van der Waals surface area contributed by atoms with Gasteiger partial charge >= 0.3 is 0 Å². The van der Waals surface area contributed by atoms with E-state index in [0.29, 0.717) is 17.7 Å². The molecule has 3 heterocycles. The van der Waals surface area contributed by atoms with Crippen molar-refractivity contribution in [1.29, 1.82) is 0 Å². The number of hydrogen-bond acceptors (Lipinski definition) is 4. The number of carbonyl (C=O) groups excluding carboxylic acids is 1. The third-order valence-corrected chi connectivity index (χ3v) is 6.95. The summed E-state index contributed by atoms with van der Waals surface area (Å²) in [7, 11) is 0. The van der Waals surface area contributed by atoms with Crippen LogP contribution in [-0.4, -0.2) is 84.7 Å². The van der Waals surface area contributed by atoms with Crippen molar-refractivity contribution in [3.63, 3.8) is 0 Å². The molecule has 3 aliphatic rings. The summed E-state index contributed by atoms with van der Waals surface area (Å²) in [5.74, 6) is 2.20. The number of nitrogens with zero attached hydrogens (tertiary/aromatic N) is 3. The molecule has 0 saturated carbocycles. The molecule has 3 rings (SSSR count). The normalized spacial score (nSPS) is 32.6.